The van der Waals surface area contributed by atoms with Gasteiger partial charge in [0.1, 0.15) is 5.76 Å². The first-order valence-corrected chi connectivity index (χ1v) is 16.3. The van der Waals surface area contributed by atoms with E-state index >= 15 is 0 Å². The van der Waals surface area contributed by atoms with E-state index in [4.69, 9.17) is 18.6 Å². The van der Waals surface area contributed by atoms with Crippen LogP contribution < -0.4 is 9.47 Å². The highest BCUT2D eigenvalue weighted by molar-refractivity contribution is 6.77. The van der Waals surface area contributed by atoms with Crippen molar-refractivity contribution in [2.24, 2.45) is 11.3 Å². The van der Waals surface area contributed by atoms with E-state index in [1.165, 1.54) is 0 Å². The number of fused-ring (bicyclic) bond motifs is 2. The van der Waals surface area contributed by atoms with Crippen molar-refractivity contribution in [3.63, 3.8) is 0 Å². The van der Waals surface area contributed by atoms with E-state index in [-0.39, 0.29) is 23.6 Å². The summed E-state index contributed by atoms with van der Waals surface area (Å²) in [5, 5.41) is 0. The van der Waals surface area contributed by atoms with E-state index in [0.29, 0.717) is 46.7 Å². The number of Topliss-reactive ketones (excluding diaryl/α,β-unsaturated/α-hetero) is 1. The number of ketones is 2. The maximum absolute atomic E-state index is 14.4. The van der Waals surface area contributed by atoms with Crippen molar-refractivity contribution in [3.05, 3.63) is 47.2 Å². The molecule has 0 unspecified atom stereocenters. The van der Waals surface area contributed by atoms with Crippen molar-refractivity contribution >= 4 is 19.9 Å². The number of hydrogen-bond donors (Lipinski definition) is 0. The zero-order valence-corrected chi connectivity index (χ0v) is 26.7. The number of carbonyl (C=O) groups excluding carboxylic acids is 2. The van der Waals surface area contributed by atoms with E-state index in [1.807, 2.05) is 38.1 Å². The normalized spacial score (nSPS) is 25.2. The molecule has 1 saturated carbocycles. The Morgan fingerprint density at radius 3 is 2.03 bits per heavy atom. The van der Waals surface area contributed by atoms with Gasteiger partial charge in [-0.25, -0.2) is 0 Å². The molecule has 0 spiro atoms. The van der Waals surface area contributed by atoms with Crippen LogP contribution >= 0.6 is 0 Å². The van der Waals surface area contributed by atoms with Crippen molar-refractivity contribution in [2.45, 2.75) is 96.9 Å². The lowest BCUT2D eigenvalue weighted by Gasteiger charge is -2.53. The third-order valence-corrected chi connectivity index (χ3v) is 15.2. The lowest BCUT2D eigenvalue weighted by atomic mass is 9.55. The SMILES string of the molecule is COC1=CC(=O)[C@]2(CC=C(C)C)C[C@H](O[Si](C(C)C)(C(C)C)C(C)C)[C@@H](c3ccc(OC)c(OC)c3)[C@H]1C2=O. The van der Waals surface area contributed by atoms with E-state index in [2.05, 4.69) is 41.5 Å². The smallest absolute Gasteiger partial charge is 0.200 e. The summed E-state index contributed by atoms with van der Waals surface area (Å²) in [5.41, 5.74) is 1.89. The van der Waals surface area contributed by atoms with Crippen LogP contribution in [0, 0.1) is 11.3 Å². The first kappa shape index (κ1) is 31.1. The fourth-order valence-electron chi connectivity index (χ4n) is 7.23. The van der Waals surface area contributed by atoms with Crippen LogP contribution in [-0.4, -0.2) is 47.3 Å². The molecule has 6 nitrogen and oxygen atoms in total. The fourth-order valence-corrected chi connectivity index (χ4v) is 12.8. The second-order valence-electron chi connectivity index (χ2n) is 12.3. The zero-order valence-electron chi connectivity index (χ0n) is 25.7. The molecule has 2 aliphatic carbocycles. The molecule has 2 aliphatic rings. The predicted octanol–water partition coefficient (Wildman–Crippen LogP) is 7.39. The summed E-state index contributed by atoms with van der Waals surface area (Å²) in [4.78, 5) is 28.2. The highest BCUT2D eigenvalue weighted by Gasteiger charge is 2.62. The van der Waals surface area contributed by atoms with Gasteiger partial charge >= 0.3 is 0 Å². The molecule has 2 bridgehead atoms. The van der Waals surface area contributed by atoms with Gasteiger partial charge < -0.3 is 18.6 Å². The number of allylic oxidation sites excluding steroid dienone is 4. The van der Waals surface area contributed by atoms with Crippen LogP contribution in [-0.2, 0) is 18.8 Å². The van der Waals surface area contributed by atoms with Crippen LogP contribution in [0.5, 0.6) is 11.5 Å². The quantitative estimate of drug-likeness (QED) is 0.161. The van der Waals surface area contributed by atoms with E-state index in [0.717, 1.165) is 11.1 Å². The van der Waals surface area contributed by atoms with Gasteiger partial charge in [-0.05, 0) is 61.0 Å². The Labute approximate surface area is 236 Å². The summed E-state index contributed by atoms with van der Waals surface area (Å²) in [6, 6.07) is 5.82. The third-order valence-electron chi connectivity index (χ3n) is 9.06. The van der Waals surface area contributed by atoms with Crippen molar-refractivity contribution in [1.29, 1.82) is 0 Å². The molecule has 0 aliphatic heterocycles. The Bertz CT molecular complexity index is 1110. The summed E-state index contributed by atoms with van der Waals surface area (Å²) < 4.78 is 24.4. The molecule has 0 saturated heterocycles. The second kappa shape index (κ2) is 12.0. The van der Waals surface area contributed by atoms with Crippen LogP contribution in [0.1, 0.15) is 79.7 Å². The van der Waals surface area contributed by atoms with Gasteiger partial charge in [-0.1, -0.05) is 59.3 Å². The Kier molecular flexibility index (Phi) is 9.59. The third kappa shape index (κ3) is 5.36. The largest absolute Gasteiger partial charge is 0.500 e. The molecule has 0 aromatic heterocycles. The molecule has 216 valence electrons. The van der Waals surface area contributed by atoms with Crippen molar-refractivity contribution in [1.82, 2.24) is 0 Å². The lowest BCUT2D eigenvalue weighted by Crippen LogP contribution is -2.60. The monoisotopic (exact) mass is 556 g/mol. The number of ether oxygens (including phenoxy) is 3. The summed E-state index contributed by atoms with van der Waals surface area (Å²) in [6.45, 7) is 17.6. The van der Waals surface area contributed by atoms with Gasteiger partial charge in [0.15, 0.2) is 23.1 Å². The van der Waals surface area contributed by atoms with Gasteiger partial charge in [-0.15, -0.1) is 0 Å². The van der Waals surface area contributed by atoms with Crippen molar-refractivity contribution in [3.8, 4) is 11.5 Å². The fraction of sp³-hybridized carbons (Fsp3) is 0.625. The maximum atomic E-state index is 14.4. The Balaban J connectivity index is 2.32. The standard InChI is InChI=1S/C32H48O6Si/c1-19(2)14-15-32-18-27(38-39(20(3)4,21(5)6)22(7)8)29(23-12-13-24(35-9)25(16-23)36-10)30(31(32)34)26(37-11)17-28(32)33/h12-14,16-17,20-22,27,29-30H,15,18H2,1-11H3/t27-,29+,30-,32-/m0/s1. The molecule has 7 heteroatoms. The number of benzene rings is 1. The first-order valence-electron chi connectivity index (χ1n) is 14.2. The maximum Gasteiger partial charge on any atom is 0.200 e. The highest BCUT2D eigenvalue weighted by Crippen LogP contribution is 2.56. The van der Waals surface area contributed by atoms with Gasteiger partial charge in [0.25, 0.3) is 0 Å². The summed E-state index contributed by atoms with van der Waals surface area (Å²) in [6.07, 6.45) is 3.95. The minimum atomic E-state index is -2.39. The molecule has 39 heavy (non-hydrogen) atoms. The van der Waals surface area contributed by atoms with Crippen LogP contribution in [0.4, 0.5) is 0 Å². The minimum Gasteiger partial charge on any atom is -0.500 e. The number of hydrogen-bond acceptors (Lipinski definition) is 6. The van der Waals surface area contributed by atoms with Crippen LogP contribution in [0.15, 0.2) is 41.7 Å². The lowest BCUT2D eigenvalue weighted by molar-refractivity contribution is -0.151. The van der Waals surface area contributed by atoms with Crippen LogP contribution in [0.25, 0.3) is 0 Å². The zero-order chi connectivity index (χ0) is 29.3. The van der Waals surface area contributed by atoms with Crippen molar-refractivity contribution < 1.29 is 28.2 Å². The summed E-state index contributed by atoms with van der Waals surface area (Å²) >= 11 is 0. The Morgan fingerprint density at radius 2 is 1.54 bits per heavy atom. The highest BCUT2D eigenvalue weighted by atomic mass is 28.4. The van der Waals surface area contributed by atoms with Crippen molar-refractivity contribution in [2.75, 3.05) is 21.3 Å². The molecule has 3 rings (SSSR count). The van der Waals surface area contributed by atoms with E-state index in [9.17, 15) is 9.59 Å². The van der Waals surface area contributed by atoms with Crippen LogP contribution in [0.3, 0.4) is 0 Å². The molecule has 1 fully saturated rings. The van der Waals surface area contributed by atoms with Gasteiger partial charge in [-0.3, -0.25) is 9.59 Å². The summed E-state index contributed by atoms with van der Waals surface area (Å²) in [7, 11) is 2.38. The average Bonchev–Trinajstić information content (AvgIpc) is 2.88. The van der Waals surface area contributed by atoms with Gasteiger partial charge in [0.2, 0.25) is 8.32 Å². The van der Waals surface area contributed by atoms with Gasteiger partial charge in [-0.2, -0.15) is 0 Å². The molecule has 0 amide bonds. The number of carbonyl (C=O) groups is 2. The topological polar surface area (TPSA) is 71.1 Å². The molecule has 0 N–H and O–H groups in total. The molecular weight excluding hydrogens is 508 g/mol. The molecule has 1 aromatic rings. The van der Waals surface area contributed by atoms with Gasteiger partial charge in [0, 0.05) is 12.0 Å². The van der Waals surface area contributed by atoms with E-state index in [1.54, 1.807) is 27.4 Å². The molecule has 1 aromatic carbocycles. The average molecular weight is 557 g/mol. The van der Waals surface area contributed by atoms with E-state index < -0.39 is 19.7 Å². The molecule has 4 atom stereocenters. The van der Waals surface area contributed by atoms with Crippen LogP contribution in [0.2, 0.25) is 16.6 Å². The molecule has 0 radical (unpaired) electrons. The predicted molar refractivity (Wildman–Crippen MR) is 158 cm³/mol. The first-order chi connectivity index (χ1) is 18.3. The number of methoxy groups -OCH3 is 3. The number of rotatable bonds is 11. The molecular formula is C32H48O6Si. The Hall–Kier alpha value is -2.38. The summed E-state index contributed by atoms with van der Waals surface area (Å²) in [5.74, 6) is 0.413. The molecule has 0 heterocycles. The Morgan fingerprint density at radius 1 is 0.949 bits per heavy atom. The van der Waals surface area contributed by atoms with Gasteiger partial charge in [0.05, 0.1) is 38.8 Å². The second-order valence-corrected chi connectivity index (χ2v) is 17.7. The minimum absolute atomic E-state index is 0.0742.